The minimum absolute atomic E-state index is 0.0509. The van der Waals surface area contributed by atoms with E-state index >= 15 is 0 Å². The Morgan fingerprint density at radius 2 is 1.90 bits per heavy atom. The molecule has 1 unspecified atom stereocenters. The first-order valence-electron chi connectivity index (χ1n) is 10.4. The quantitative estimate of drug-likeness (QED) is 0.776. The predicted octanol–water partition coefficient (Wildman–Crippen LogP) is 3.51. The molecule has 1 saturated heterocycles. The number of carbonyl (C=O) groups excluding carboxylic acids is 2. The third-order valence-corrected chi connectivity index (χ3v) is 5.88. The highest BCUT2D eigenvalue weighted by molar-refractivity contribution is 5.94. The summed E-state index contributed by atoms with van der Waals surface area (Å²) in [5.41, 5.74) is 1.85. The molecular formula is C23H28N2O4. The van der Waals surface area contributed by atoms with E-state index in [0.717, 1.165) is 31.2 Å². The van der Waals surface area contributed by atoms with Gasteiger partial charge in [-0.2, -0.15) is 0 Å². The van der Waals surface area contributed by atoms with E-state index in [1.165, 1.54) is 6.26 Å². The zero-order valence-corrected chi connectivity index (χ0v) is 16.9. The number of rotatable bonds is 5. The predicted molar refractivity (Wildman–Crippen MR) is 109 cm³/mol. The van der Waals surface area contributed by atoms with Crippen LogP contribution < -0.4 is 0 Å². The van der Waals surface area contributed by atoms with Gasteiger partial charge in [0.25, 0.3) is 11.8 Å². The Kier molecular flexibility index (Phi) is 6.00. The van der Waals surface area contributed by atoms with Crippen molar-refractivity contribution < 1.29 is 18.7 Å². The molecule has 0 spiro atoms. The zero-order valence-electron chi connectivity index (χ0n) is 16.9. The molecule has 1 atom stereocenters. The second kappa shape index (κ2) is 8.82. The molecule has 6 nitrogen and oxygen atoms in total. The van der Waals surface area contributed by atoms with Crippen LogP contribution in [0.4, 0.5) is 0 Å². The van der Waals surface area contributed by atoms with Crippen LogP contribution >= 0.6 is 0 Å². The van der Waals surface area contributed by atoms with Crippen molar-refractivity contribution in [3.05, 3.63) is 59.5 Å². The lowest BCUT2D eigenvalue weighted by molar-refractivity contribution is -0.0377. The van der Waals surface area contributed by atoms with Crippen LogP contribution in [-0.4, -0.2) is 60.0 Å². The Bertz CT molecular complexity index is 825. The summed E-state index contributed by atoms with van der Waals surface area (Å²) in [5.74, 6) is 0.268. The average Bonchev–Trinajstić information content (AvgIpc) is 3.46. The van der Waals surface area contributed by atoms with Crippen LogP contribution in [-0.2, 0) is 4.74 Å². The van der Waals surface area contributed by atoms with E-state index in [2.05, 4.69) is 0 Å². The molecule has 154 valence electrons. The molecule has 0 bridgehead atoms. The molecule has 1 aromatic heterocycles. The Hall–Kier alpha value is -2.60. The highest BCUT2D eigenvalue weighted by Gasteiger charge is 2.33. The van der Waals surface area contributed by atoms with Gasteiger partial charge < -0.3 is 19.0 Å². The number of benzene rings is 1. The molecule has 1 aromatic carbocycles. The van der Waals surface area contributed by atoms with Crippen molar-refractivity contribution in [3.8, 4) is 0 Å². The van der Waals surface area contributed by atoms with E-state index < -0.39 is 0 Å². The molecule has 2 heterocycles. The van der Waals surface area contributed by atoms with E-state index in [-0.39, 0.29) is 24.0 Å². The molecule has 2 aliphatic rings. The molecule has 1 aliphatic heterocycles. The topological polar surface area (TPSA) is 63.0 Å². The van der Waals surface area contributed by atoms with Crippen molar-refractivity contribution in [1.82, 2.24) is 9.80 Å². The highest BCUT2D eigenvalue weighted by Crippen LogP contribution is 2.26. The van der Waals surface area contributed by atoms with Crippen molar-refractivity contribution in [3.63, 3.8) is 0 Å². The maximum Gasteiger partial charge on any atom is 0.289 e. The van der Waals surface area contributed by atoms with Gasteiger partial charge in [-0.1, -0.05) is 30.5 Å². The number of nitrogens with zero attached hydrogens (tertiary/aromatic N) is 2. The normalized spacial score (nSPS) is 20.0. The van der Waals surface area contributed by atoms with Crippen LogP contribution in [0.15, 0.2) is 47.1 Å². The van der Waals surface area contributed by atoms with Crippen molar-refractivity contribution in [2.24, 2.45) is 0 Å². The van der Waals surface area contributed by atoms with Gasteiger partial charge in [0.15, 0.2) is 5.76 Å². The fourth-order valence-corrected chi connectivity index (χ4v) is 4.27. The van der Waals surface area contributed by atoms with Crippen molar-refractivity contribution in [1.29, 1.82) is 0 Å². The van der Waals surface area contributed by atoms with Crippen LogP contribution in [0, 0.1) is 6.92 Å². The van der Waals surface area contributed by atoms with E-state index in [1.54, 1.807) is 17.0 Å². The van der Waals surface area contributed by atoms with Crippen LogP contribution in [0.5, 0.6) is 0 Å². The smallest absolute Gasteiger partial charge is 0.289 e. The molecule has 2 fully saturated rings. The summed E-state index contributed by atoms with van der Waals surface area (Å²) in [6, 6.07) is 11.4. The first-order chi connectivity index (χ1) is 14.1. The summed E-state index contributed by atoms with van der Waals surface area (Å²) in [4.78, 5) is 29.7. The number of furan rings is 1. The summed E-state index contributed by atoms with van der Waals surface area (Å²) in [6.45, 7) is 3.98. The number of morpholine rings is 1. The minimum Gasteiger partial charge on any atom is -0.459 e. The number of aryl methyl sites for hydroxylation is 1. The molecular weight excluding hydrogens is 368 g/mol. The van der Waals surface area contributed by atoms with Crippen LogP contribution in [0.1, 0.15) is 52.2 Å². The van der Waals surface area contributed by atoms with Crippen molar-refractivity contribution in [2.45, 2.75) is 44.8 Å². The number of hydrogen-bond acceptors (Lipinski definition) is 4. The molecule has 2 amide bonds. The first-order valence-corrected chi connectivity index (χ1v) is 10.4. The van der Waals surface area contributed by atoms with Gasteiger partial charge >= 0.3 is 0 Å². The van der Waals surface area contributed by atoms with Gasteiger partial charge in [-0.25, -0.2) is 0 Å². The average molecular weight is 396 g/mol. The van der Waals surface area contributed by atoms with E-state index in [1.807, 2.05) is 36.1 Å². The lowest BCUT2D eigenvalue weighted by Gasteiger charge is -2.37. The Morgan fingerprint density at radius 1 is 1.14 bits per heavy atom. The van der Waals surface area contributed by atoms with Crippen LogP contribution in [0.25, 0.3) is 0 Å². The molecule has 2 aromatic rings. The van der Waals surface area contributed by atoms with Gasteiger partial charge in [0.1, 0.15) is 0 Å². The van der Waals surface area contributed by atoms with Gasteiger partial charge in [-0.05, 0) is 44.0 Å². The fraction of sp³-hybridized carbons (Fsp3) is 0.478. The second-order valence-corrected chi connectivity index (χ2v) is 7.98. The SMILES string of the molecule is Cc1ccc(C(=O)N(CC2CN(C(=O)c3ccco3)CCO2)C2CCCC2)cc1. The number of hydrogen-bond donors (Lipinski definition) is 0. The molecule has 0 N–H and O–H groups in total. The van der Waals surface area contributed by atoms with E-state index in [0.29, 0.717) is 37.6 Å². The zero-order chi connectivity index (χ0) is 20.2. The lowest BCUT2D eigenvalue weighted by atomic mass is 10.1. The standard InChI is InChI=1S/C23H28N2O4/c1-17-8-10-18(11-9-17)22(26)25(19-5-2-3-6-19)16-20-15-24(12-14-28-20)23(27)21-7-4-13-29-21/h4,7-11,13,19-20H,2-3,5-6,12,14-16H2,1H3. The third kappa shape index (κ3) is 4.53. The van der Waals surface area contributed by atoms with Gasteiger partial charge in [-0.15, -0.1) is 0 Å². The first kappa shape index (κ1) is 19.7. The molecule has 4 rings (SSSR count). The monoisotopic (exact) mass is 396 g/mol. The molecule has 1 saturated carbocycles. The summed E-state index contributed by atoms with van der Waals surface area (Å²) < 4.78 is 11.2. The van der Waals surface area contributed by atoms with Crippen LogP contribution in [0.2, 0.25) is 0 Å². The Morgan fingerprint density at radius 3 is 2.59 bits per heavy atom. The second-order valence-electron chi connectivity index (χ2n) is 7.98. The third-order valence-electron chi connectivity index (χ3n) is 5.88. The molecule has 6 heteroatoms. The lowest BCUT2D eigenvalue weighted by Crippen LogP contribution is -2.52. The molecule has 0 radical (unpaired) electrons. The van der Waals surface area contributed by atoms with Gasteiger partial charge in [-0.3, -0.25) is 9.59 Å². The van der Waals surface area contributed by atoms with Gasteiger partial charge in [0.2, 0.25) is 0 Å². The summed E-state index contributed by atoms with van der Waals surface area (Å²) in [5, 5.41) is 0. The molecule has 29 heavy (non-hydrogen) atoms. The van der Waals surface area contributed by atoms with Gasteiger partial charge in [0.05, 0.1) is 19.0 Å². The Labute approximate surface area is 171 Å². The largest absolute Gasteiger partial charge is 0.459 e. The number of carbonyl (C=O) groups is 2. The molecule has 1 aliphatic carbocycles. The van der Waals surface area contributed by atoms with E-state index in [4.69, 9.17) is 9.15 Å². The summed E-state index contributed by atoms with van der Waals surface area (Å²) in [6.07, 6.45) is 5.66. The number of ether oxygens (including phenoxy) is 1. The fourth-order valence-electron chi connectivity index (χ4n) is 4.27. The van der Waals surface area contributed by atoms with E-state index in [9.17, 15) is 9.59 Å². The van der Waals surface area contributed by atoms with Gasteiger partial charge in [0, 0.05) is 31.2 Å². The highest BCUT2D eigenvalue weighted by atomic mass is 16.5. The van der Waals surface area contributed by atoms with Crippen molar-refractivity contribution >= 4 is 11.8 Å². The number of amides is 2. The van der Waals surface area contributed by atoms with Crippen molar-refractivity contribution in [2.75, 3.05) is 26.2 Å². The summed E-state index contributed by atoms with van der Waals surface area (Å²) in [7, 11) is 0. The Balaban J connectivity index is 1.47. The minimum atomic E-state index is -0.197. The summed E-state index contributed by atoms with van der Waals surface area (Å²) >= 11 is 0. The maximum absolute atomic E-state index is 13.3. The van der Waals surface area contributed by atoms with Crippen LogP contribution in [0.3, 0.4) is 0 Å². The maximum atomic E-state index is 13.3.